The van der Waals surface area contributed by atoms with Crippen LogP contribution in [0.5, 0.6) is 0 Å². The normalized spacial score (nSPS) is 12.1. The van der Waals surface area contributed by atoms with Gasteiger partial charge in [0.2, 0.25) is 0 Å². The van der Waals surface area contributed by atoms with Gasteiger partial charge >= 0.3 is 0 Å². The number of carbonyl (C=O) groups excluding carboxylic acids is 1. The zero-order valence-corrected chi connectivity index (χ0v) is 11.8. The summed E-state index contributed by atoms with van der Waals surface area (Å²) in [6, 6.07) is 13.3. The molecule has 0 aliphatic carbocycles. The predicted molar refractivity (Wildman–Crippen MR) is 80.4 cm³/mol. The van der Waals surface area contributed by atoms with Crippen LogP contribution in [0.3, 0.4) is 0 Å². The highest BCUT2D eigenvalue weighted by Gasteiger charge is 2.12. The molecule has 0 bridgehead atoms. The highest BCUT2D eigenvalue weighted by molar-refractivity contribution is 5.92. The van der Waals surface area contributed by atoms with Crippen LogP contribution < -0.4 is 11.1 Å². The maximum Gasteiger partial charge on any atom is 0.267 e. The van der Waals surface area contributed by atoms with Crippen molar-refractivity contribution in [2.24, 2.45) is 5.73 Å². The second-order valence-corrected chi connectivity index (χ2v) is 4.81. The van der Waals surface area contributed by atoms with E-state index < -0.39 is 0 Å². The molecule has 0 aliphatic heterocycles. The van der Waals surface area contributed by atoms with Gasteiger partial charge in [0.05, 0.1) is 0 Å². The van der Waals surface area contributed by atoms with Crippen molar-refractivity contribution < 1.29 is 4.79 Å². The van der Waals surface area contributed by atoms with Gasteiger partial charge in [-0.05, 0) is 24.1 Å². The van der Waals surface area contributed by atoms with E-state index in [-0.39, 0.29) is 11.9 Å². The van der Waals surface area contributed by atoms with Gasteiger partial charge in [0.25, 0.3) is 5.91 Å². The summed E-state index contributed by atoms with van der Waals surface area (Å²) in [6.07, 6.45) is 2.92. The lowest BCUT2D eigenvalue weighted by Gasteiger charge is -2.14. The Hall–Kier alpha value is -2.07. The van der Waals surface area contributed by atoms with Crippen LogP contribution in [0.25, 0.3) is 0 Å². The van der Waals surface area contributed by atoms with Crippen LogP contribution >= 0.6 is 0 Å². The number of amides is 1. The average molecular weight is 271 g/mol. The molecular weight excluding hydrogens is 250 g/mol. The number of rotatable bonds is 6. The largest absolute Gasteiger partial charge is 0.349 e. The van der Waals surface area contributed by atoms with Gasteiger partial charge in [-0.2, -0.15) is 0 Å². The average Bonchev–Trinajstić information content (AvgIpc) is 2.94. The Kier molecular flexibility index (Phi) is 4.96. The van der Waals surface area contributed by atoms with Crippen molar-refractivity contribution in [2.75, 3.05) is 6.54 Å². The molecule has 1 unspecified atom stereocenters. The standard InChI is InChI=1S/C16H21N3O/c1-2-10-19-11-6-9-15(19)16(20)18-12-14(17)13-7-4-3-5-8-13/h3-9,11,14H,2,10,12,17H2,1H3,(H,18,20). The summed E-state index contributed by atoms with van der Waals surface area (Å²) in [5, 5.41) is 2.90. The molecule has 0 saturated carbocycles. The first-order valence-electron chi connectivity index (χ1n) is 6.96. The van der Waals surface area contributed by atoms with Gasteiger partial charge in [-0.15, -0.1) is 0 Å². The Morgan fingerprint density at radius 1 is 1.25 bits per heavy atom. The molecule has 0 radical (unpaired) electrons. The van der Waals surface area contributed by atoms with Gasteiger partial charge in [0.1, 0.15) is 5.69 Å². The number of carbonyl (C=O) groups is 1. The first-order valence-corrected chi connectivity index (χ1v) is 6.96. The zero-order chi connectivity index (χ0) is 14.4. The van der Waals surface area contributed by atoms with Gasteiger partial charge < -0.3 is 15.6 Å². The van der Waals surface area contributed by atoms with E-state index in [9.17, 15) is 4.79 Å². The number of aryl methyl sites for hydroxylation is 1. The molecule has 1 heterocycles. The van der Waals surface area contributed by atoms with Gasteiger partial charge in [-0.25, -0.2) is 0 Å². The fourth-order valence-electron chi connectivity index (χ4n) is 2.17. The quantitative estimate of drug-likeness (QED) is 0.847. The summed E-state index contributed by atoms with van der Waals surface area (Å²) in [5.74, 6) is -0.0742. The first-order chi connectivity index (χ1) is 9.72. The molecule has 1 atom stereocenters. The topological polar surface area (TPSA) is 60.0 Å². The molecule has 3 N–H and O–H groups in total. The molecule has 1 amide bonds. The summed E-state index contributed by atoms with van der Waals surface area (Å²) in [5.41, 5.74) is 7.78. The lowest BCUT2D eigenvalue weighted by atomic mass is 10.1. The Labute approximate surface area is 119 Å². The van der Waals surface area contributed by atoms with Crippen LogP contribution in [0.15, 0.2) is 48.7 Å². The van der Waals surface area contributed by atoms with E-state index in [0.29, 0.717) is 12.2 Å². The number of aromatic nitrogens is 1. The van der Waals surface area contributed by atoms with Crippen molar-refractivity contribution in [2.45, 2.75) is 25.9 Å². The van der Waals surface area contributed by atoms with Crippen molar-refractivity contribution in [1.82, 2.24) is 9.88 Å². The minimum Gasteiger partial charge on any atom is -0.349 e. The number of hydrogen-bond acceptors (Lipinski definition) is 2. The Balaban J connectivity index is 1.93. The zero-order valence-electron chi connectivity index (χ0n) is 11.8. The van der Waals surface area contributed by atoms with E-state index in [0.717, 1.165) is 18.5 Å². The molecule has 4 nitrogen and oxygen atoms in total. The summed E-state index contributed by atoms with van der Waals surface area (Å²) < 4.78 is 1.96. The smallest absolute Gasteiger partial charge is 0.267 e. The maximum atomic E-state index is 12.1. The fourth-order valence-corrected chi connectivity index (χ4v) is 2.17. The number of nitrogens with one attached hydrogen (secondary N) is 1. The number of benzene rings is 1. The van der Waals surface area contributed by atoms with Gasteiger partial charge in [0.15, 0.2) is 0 Å². The Morgan fingerprint density at radius 2 is 2.00 bits per heavy atom. The SMILES string of the molecule is CCCn1cccc1C(=O)NCC(N)c1ccccc1. The number of nitrogens with zero attached hydrogens (tertiary/aromatic N) is 1. The summed E-state index contributed by atoms with van der Waals surface area (Å²) in [7, 11) is 0. The number of hydrogen-bond donors (Lipinski definition) is 2. The molecule has 4 heteroatoms. The van der Waals surface area contributed by atoms with Crippen molar-refractivity contribution in [3.8, 4) is 0 Å². The second-order valence-electron chi connectivity index (χ2n) is 4.81. The minimum atomic E-state index is -0.185. The van der Waals surface area contributed by atoms with Crippen LogP contribution in [0.1, 0.15) is 35.4 Å². The third-order valence-corrected chi connectivity index (χ3v) is 3.24. The molecule has 106 valence electrons. The Bertz CT molecular complexity index is 548. The van der Waals surface area contributed by atoms with Crippen LogP contribution in [0, 0.1) is 0 Å². The van der Waals surface area contributed by atoms with E-state index >= 15 is 0 Å². The van der Waals surface area contributed by atoms with Crippen LogP contribution in [0.2, 0.25) is 0 Å². The summed E-state index contributed by atoms with van der Waals surface area (Å²) >= 11 is 0. The molecule has 0 spiro atoms. The first kappa shape index (κ1) is 14.3. The fraction of sp³-hybridized carbons (Fsp3) is 0.312. The van der Waals surface area contributed by atoms with E-state index in [1.807, 2.05) is 53.2 Å². The van der Waals surface area contributed by atoms with Crippen molar-refractivity contribution >= 4 is 5.91 Å². The lowest BCUT2D eigenvalue weighted by Crippen LogP contribution is -2.33. The lowest BCUT2D eigenvalue weighted by molar-refractivity contribution is 0.0942. The highest BCUT2D eigenvalue weighted by Crippen LogP contribution is 2.09. The molecule has 0 aliphatic rings. The van der Waals surface area contributed by atoms with Crippen molar-refractivity contribution in [1.29, 1.82) is 0 Å². The van der Waals surface area contributed by atoms with E-state index in [2.05, 4.69) is 12.2 Å². The third-order valence-electron chi connectivity index (χ3n) is 3.24. The predicted octanol–water partition coefficient (Wildman–Crippen LogP) is 2.33. The van der Waals surface area contributed by atoms with Gasteiger partial charge in [-0.1, -0.05) is 37.3 Å². The minimum absolute atomic E-state index is 0.0742. The molecular formula is C16H21N3O. The molecule has 2 aromatic rings. The van der Waals surface area contributed by atoms with Crippen LogP contribution in [-0.2, 0) is 6.54 Å². The third kappa shape index (κ3) is 3.48. The molecule has 0 fully saturated rings. The van der Waals surface area contributed by atoms with Crippen LogP contribution in [-0.4, -0.2) is 17.0 Å². The van der Waals surface area contributed by atoms with E-state index in [1.54, 1.807) is 0 Å². The van der Waals surface area contributed by atoms with E-state index in [1.165, 1.54) is 0 Å². The van der Waals surface area contributed by atoms with Crippen molar-refractivity contribution in [3.05, 3.63) is 59.9 Å². The van der Waals surface area contributed by atoms with Crippen LogP contribution in [0.4, 0.5) is 0 Å². The Morgan fingerprint density at radius 3 is 2.70 bits per heavy atom. The highest BCUT2D eigenvalue weighted by atomic mass is 16.1. The van der Waals surface area contributed by atoms with Gasteiger partial charge in [-0.3, -0.25) is 4.79 Å². The van der Waals surface area contributed by atoms with Gasteiger partial charge in [0, 0.05) is 25.3 Å². The number of nitrogens with two attached hydrogens (primary N) is 1. The second kappa shape index (κ2) is 6.91. The summed E-state index contributed by atoms with van der Waals surface area (Å²) in [4.78, 5) is 12.1. The molecule has 1 aromatic heterocycles. The van der Waals surface area contributed by atoms with Crippen molar-refractivity contribution in [3.63, 3.8) is 0 Å². The molecule has 1 aromatic carbocycles. The monoisotopic (exact) mass is 271 g/mol. The molecule has 2 rings (SSSR count). The molecule has 0 saturated heterocycles. The molecule has 20 heavy (non-hydrogen) atoms. The maximum absolute atomic E-state index is 12.1. The van der Waals surface area contributed by atoms with E-state index in [4.69, 9.17) is 5.73 Å². The summed E-state index contributed by atoms with van der Waals surface area (Å²) in [6.45, 7) is 3.37.